The molecule has 1 fully saturated rings. The zero-order valence-corrected chi connectivity index (χ0v) is 19.9. The zero-order valence-electron chi connectivity index (χ0n) is 19.1. The molecule has 190 valence electrons. The number of carbonyl (C=O) groups excluding carboxylic acids is 2. The van der Waals surface area contributed by atoms with E-state index in [0.29, 0.717) is 30.1 Å². The highest BCUT2D eigenvalue weighted by Crippen LogP contribution is 2.16. The number of aliphatic carboxylic acids is 1. The van der Waals surface area contributed by atoms with E-state index in [9.17, 15) is 22.8 Å². The maximum Gasteiger partial charge on any atom is 0.490 e. The lowest BCUT2D eigenvalue weighted by atomic mass is 10.1. The number of carboxylic acids is 1. The summed E-state index contributed by atoms with van der Waals surface area (Å²) < 4.78 is 31.7. The predicted octanol–water partition coefficient (Wildman–Crippen LogP) is 3.75. The second kappa shape index (κ2) is 13.1. The number of nitrogens with zero attached hydrogens (tertiary/aromatic N) is 2. The van der Waals surface area contributed by atoms with Crippen LogP contribution in [0.2, 0.25) is 5.02 Å². The van der Waals surface area contributed by atoms with Crippen molar-refractivity contribution in [1.29, 1.82) is 0 Å². The number of nitrogens with one attached hydrogen (secondary N) is 1. The molecule has 1 aliphatic heterocycles. The third-order valence-corrected chi connectivity index (χ3v) is 5.40. The lowest BCUT2D eigenvalue weighted by Gasteiger charge is -2.29. The van der Waals surface area contributed by atoms with Crippen LogP contribution in [-0.2, 0) is 16.1 Å². The first kappa shape index (κ1) is 28.1. The molecule has 0 unspecified atom stereocenters. The first-order valence-electron chi connectivity index (χ1n) is 10.9. The molecule has 0 spiro atoms. The van der Waals surface area contributed by atoms with E-state index in [-0.39, 0.29) is 11.8 Å². The molecule has 2 aromatic rings. The Labute approximate surface area is 206 Å². The van der Waals surface area contributed by atoms with E-state index in [4.69, 9.17) is 21.5 Å². The number of carbonyl (C=O) groups is 3. The molecule has 35 heavy (non-hydrogen) atoms. The van der Waals surface area contributed by atoms with Crippen LogP contribution in [0.15, 0.2) is 48.5 Å². The van der Waals surface area contributed by atoms with Crippen molar-refractivity contribution in [2.75, 3.05) is 32.7 Å². The summed E-state index contributed by atoms with van der Waals surface area (Å²) in [7, 11) is 0. The zero-order chi connectivity index (χ0) is 26.0. The summed E-state index contributed by atoms with van der Waals surface area (Å²) in [4.78, 5) is 38.1. The normalized spacial score (nSPS) is 13.5. The lowest BCUT2D eigenvalue weighted by Crippen LogP contribution is -2.47. The highest BCUT2D eigenvalue weighted by atomic mass is 35.5. The topological polar surface area (TPSA) is 90.0 Å². The van der Waals surface area contributed by atoms with Crippen molar-refractivity contribution in [2.24, 2.45) is 0 Å². The number of amides is 2. The van der Waals surface area contributed by atoms with E-state index in [0.717, 1.165) is 31.7 Å². The molecule has 7 nitrogen and oxygen atoms in total. The highest BCUT2D eigenvalue weighted by molar-refractivity contribution is 6.30. The smallest absolute Gasteiger partial charge is 0.475 e. The molecule has 1 heterocycles. The minimum absolute atomic E-state index is 0.0919. The first-order chi connectivity index (χ1) is 16.5. The van der Waals surface area contributed by atoms with Crippen molar-refractivity contribution in [3.05, 3.63) is 70.2 Å². The van der Waals surface area contributed by atoms with Crippen molar-refractivity contribution in [2.45, 2.75) is 26.1 Å². The second-order valence-electron chi connectivity index (χ2n) is 7.91. The van der Waals surface area contributed by atoms with Gasteiger partial charge in [0.05, 0.1) is 0 Å². The molecule has 1 saturated heterocycles. The van der Waals surface area contributed by atoms with Gasteiger partial charge in [0.15, 0.2) is 0 Å². The maximum atomic E-state index is 13.1. The Balaban J connectivity index is 0.000000540. The van der Waals surface area contributed by atoms with Gasteiger partial charge >= 0.3 is 12.1 Å². The fourth-order valence-corrected chi connectivity index (χ4v) is 3.46. The lowest BCUT2D eigenvalue weighted by molar-refractivity contribution is -0.192. The Morgan fingerprint density at radius 2 is 1.69 bits per heavy atom. The van der Waals surface area contributed by atoms with Crippen molar-refractivity contribution in [3.8, 4) is 0 Å². The Bertz CT molecular complexity index is 1010. The molecule has 0 atom stereocenters. The van der Waals surface area contributed by atoms with Gasteiger partial charge in [-0.15, -0.1) is 0 Å². The van der Waals surface area contributed by atoms with E-state index in [2.05, 4.69) is 5.32 Å². The van der Waals surface area contributed by atoms with Gasteiger partial charge in [-0.05, 0) is 30.7 Å². The number of alkyl halides is 3. The van der Waals surface area contributed by atoms with Gasteiger partial charge in [0.25, 0.3) is 5.91 Å². The molecule has 3 rings (SSSR count). The van der Waals surface area contributed by atoms with Crippen LogP contribution >= 0.6 is 11.6 Å². The van der Waals surface area contributed by atoms with E-state index in [1.807, 2.05) is 36.1 Å². The Hall–Kier alpha value is -3.11. The van der Waals surface area contributed by atoms with E-state index in [1.54, 1.807) is 29.2 Å². The molecule has 0 radical (unpaired) electrons. The summed E-state index contributed by atoms with van der Waals surface area (Å²) in [5, 5.41) is 10.9. The Morgan fingerprint density at radius 1 is 1.09 bits per heavy atom. The van der Waals surface area contributed by atoms with Gasteiger partial charge in [0.2, 0.25) is 5.91 Å². The fraction of sp³-hybridized carbons (Fsp3) is 0.375. The highest BCUT2D eigenvalue weighted by Gasteiger charge is 2.38. The molecule has 2 amide bonds. The van der Waals surface area contributed by atoms with E-state index >= 15 is 0 Å². The average Bonchev–Trinajstić information content (AvgIpc) is 2.82. The number of benzene rings is 2. The molecule has 0 bridgehead atoms. The minimum Gasteiger partial charge on any atom is -0.475 e. The van der Waals surface area contributed by atoms with Crippen molar-refractivity contribution in [1.82, 2.24) is 15.1 Å². The van der Waals surface area contributed by atoms with Crippen LogP contribution < -0.4 is 5.32 Å². The van der Waals surface area contributed by atoms with Crippen LogP contribution in [-0.4, -0.2) is 71.6 Å². The number of carboxylic acid groups (broad SMARTS) is 1. The molecule has 0 saturated carbocycles. The molecule has 2 N–H and O–H groups in total. The monoisotopic (exact) mass is 513 g/mol. The third kappa shape index (κ3) is 9.58. The minimum atomic E-state index is -5.08. The summed E-state index contributed by atoms with van der Waals surface area (Å²) in [6.07, 6.45) is -4.77. The van der Waals surface area contributed by atoms with Crippen LogP contribution in [0.5, 0.6) is 0 Å². The first-order valence-corrected chi connectivity index (χ1v) is 11.2. The molecular formula is C24H27ClF3N3O4. The van der Waals surface area contributed by atoms with E-state index < -0.39 is 12.1 Å². The number of hydrogen-bond donors (Lipinski definition) is 2. The van der Waals surface area contributed by atoms with Crippen LogP contribution in [0.3, 0.4) is 0 Å². The van der Waals surface area contributed by atoms with Gasteiger partial charge in [0, 0.05) is 56.3 Å². The summed E-state index contributed by atoms with van der Waals surface area (Å²) in [6.45, 7) is 5.95. The van der Waals surface area contributed by atoms with Gasteiger partial charge < -0.3 is 20.2 Å². The Morgan fingerprint density at radius 3 is 2.23 bits per heavy atom. The molecule has 0 aromatic heterocycles. The molecule has 0 aliphatic carbocycles. The van der Waals surface area contributed by atoms with Crippen LogP contribution in [0, 0.1) is 6.92 Å². The standard InChI is InChI=1S/C22H26ClN3O2.C2HF3O2/c1-17-5-7-18(8-6-17)16-26(22(28)19-3-2-4-20(23)15-19)12-9-21(27)25-13-10-24-11-14-25;3-2(4,5)1(6)7/h2-8,15,24H,9-14,16H2,1H3;(H,6,7). The average molecular weight is 514 g/mol. The summed E-state index contributed by atoms with van der Waals surface area (Å²) in [5.74, 6) is -2.78. The summed E-state index contributed by atoms with van der Waals surface area (Å²) in [6, 6.07) is 15.0. The number of halogens is 4. The summed E-state index contributed by atoms with van der Waals surface area (Å²) in [5.41, 5.74) is 2.75. The number of piperazine rings is 1. The molecular weight excluding hydrogens is 487 g/mol. The van der Waals surface area contributed by atoms with E-state index in [1.165, 1.54) is 5.56 Å². The number of rotatable bonds is 6. The van der Waals surface area contributed by atoms with Gasteiger partial charge in [-0.2, -0.15) is 13.2 Å². The van der Waals surface area contributed by atoms with Gasteiger partial charge in [-0.25, -0.2) is 4.79 Å². The van der Waals surface area contributed by atoms with Gasteiger partial charge in [-0.3, -0.25) is 9.59 Å². The van der Waals surface area contributed by atoms with Crippen LogP contribution in [0.4, 0.5) is 13.2 Å². The quantitative estimate of drug-likeness (QED) is 0.614. The largest absolute Gasteiger partial charge is 0.490 e. The van der Waals surface area contributed by atoms with Gasteiger partial charge in [0.1, 0.15) is 0 Å². The number of aryl methyl sites for hydroxylation is 1. The predicted molar refractivity (Wildman–Crippen MR) is 125 cm³/mol. The SMILES string of the molecule is Cc1ccc(CN(CCC(=O)N2CCNCC2)C(=O)c2cccc(Cl)c2)cc1.O=C(O)C(F)(F)F. The Kier molecular flexibility index (Phi) is 10.5. The number of hydrogen-bond acceptors (Lipinski definition) is 4. The fourth-order valence-electron chi connectivity index (χ4n) is 3.27. The van der Waals surface area contributed by atoms with Crippen molar-refractivity contribution in [3.63, 3.8) is 0 Å². The van der Waals surface area contributed by atoms with Gasteiger partial charge in [-0.1, -0.05) is 47.5 Å². The van der Waals surface area contributed by atoms with Crippen LogP contribution in [0.25, 0.3) is 0 Å². The van der Waals surface area contributed by atoms with Crippen molar-refractivity contribution < 1.29 is 32.7 Å². The van der Waals surface area contributed by atoms with Crippen molar-refractivity contribution >= 4 is 29.4 Å². The second-order valence-corrected chi connectivity index (χ2v) is 8.34. The maximum absolute atomic E-state index is 13.1. The molecule has 2 aromatic carbocycles. The molecule has 1 aliphatic rings. The molecule has 11 heteroatoms. The summed E-state index contributed by atoms with van der Waals surface area (Å²) >= 11 is 6.06. The van der Waals surface area contributed by atoms with Crippen LogP contribution in [0.1, 0.15) is 27.9 Å². The third-order valence-electron chi connectivity index (χ3n) is 5.16.